The number of hydrogen-bond donors (Lipinski definition) is 1. The molecule has 0 saturated carbocycles. The lowest BCUT2D eigenvalue weighted by Crippen LogP contribution is -2.67. The fourth-order valence-corrected chi connectivity index (χ4v) is 5.82. The van der Waals surface area contributed by atoms with Crippen LogP contribution in [0.15, 0.2) is 48.5 Å². The minimum absolute atomic E-state index is 0.0863. The number of pyridine rings is 1. The SMILES string of the molecule is CCC(N)([C@H]1CCCN1C(=O)c1cc(-c2ccc(F)c(F)c2)nc2ccccc12)N1CCCCC1. The van der Waals surface area contributed by atoms with Gasteiger partial charge in [-0.05, 0) is 75.5 Å². The van der Waals surface area contributed by atoms with Crippen molar-refractivity contribution >= 4 is 16.8 Å². The lowest BCUT2D eigenvalue weighted by atomic mass is 9.91. The highest BCUT2D eigenvalue weighted by atomic mass is 19.2. The Morgan fingerprint density at radius 3 is 2.54 bits per heavy atom. The van der Waals surface area contributed by atoms with E-state index in [1.165, 1.54) is 12.5 Å². The number of amides is 1. The summed E-state index contributed by atoms with van der Waals surface area (Å²) in [6.45, 7) is 4.68. The standard InChI is InChI=1S/C28H32F2N4O/c1-2-28(31,33-14-6-3-7-15-33)26-11-8-16-34(26)27(35)21-18-25(19-12-13-22(29)23(30)17-19)32-24-10-5-4-9-20(21)24/h4-5,9-10,12-13,17-18,26H,2-3,6-8,11,14-16,31H2,1H3/t26-,28?/m1/s1. The molecule has 2 aliphatic heterocycles. The maximum atomic E-state index is 14.1. The van der Waals surface area contributed by atoms with Gasteiger partial charge in [-0.15, -0.1) is 0 Å². The number of aromatic nitrogens is 1. The van der Waals surface area contributed by atoms with Crippen molar-refractivity contribution in [3.63, 3.8) is 0 Å². The summed E-state index contributed by atoms with van der Waals surface area (Å²) in [5.74, 6) is -1.94. The van der Waals surface area contributed by atoms with Crippen molar-refractivity contribution in [2.45, 2.75) is 57.2 Å². The number of hydrogen-bond acceptors (Lipinski definition) is 4. The summed E-state index contributed by atoms with van der Waals surface area (Å²) < 4.78 is 27.5. The van der Waals surface area contributed by atoms with Gasteiger partial charge in [0.2, 0.25) is 0 Å². The Morgan fingerprint density at radius 1 is 1.03 bits per heavy atom. The molecule has 2 N–H and O–H groups in total. The zero-order valence-corrected chi connectivity index (χ0v) is 20.1. The number of likely N-dealkylation sites (tertiary alicyclic amines) is 2. The second kappa shape index (κ2) is 9.63. The molecule has 2 atom stereocenters. The average molecular weight is 479 g/mol. The van der Waals surface area contributed by atoms with Crippen LogP contribution in [0.5, 0.6) is 0 Å². The Bertz CT molecular complexity index is 1240. The Kier molecular flexibility index (Phi) is 6.55. The first-order valence-corrected chi connectivity index (χ1v) is 12.6. The fraction of sp³-hybridized carbons (Fsp3) is 0.429. The van der Waals surface area contributed by atoms with Crippen LogP contribution in [0, 0.1) is 11.6 Å². The Labute approximate surface area is 204 Å². The van der Waals surface area contributed by atoms with Gasteiger partial charge in [0, 0.05) is 17.5 Å². The number of nitrogens with two attached hydrogens (primary N) is 1. The van der Waals surface area contributed by atoms with Crippen LogP contribution in [-0.2, 0) is 0 Å². The first-order valence-electron chi connectivity index (χ1n) is 12.6. The average Bonchev–Trinajstić information content (AvgIpc) is 3.40. The molecule has 5 nitrogen and oxygen atoms in total. The smallest absolute Gasteiger partial charge is 0.254 e. The number of nitrogens with zero attached hydrogens (tertiary/aromatic N) is 3. The van der Waals surface area contributed by atoms with Gasteiger partial charge in [0.1, 0.15) is 0 Å². The third-order valence-electron chi connectivity index (χ3n) is 7.76. The topological polar surface area (TPSA) is 62.5 Å². The highest BCUT2D eigenvalue weighted by Crippen LogP contribution is 2.35. The number of carbonyl (C=O) groups excluding carboxylic acids is 1. The number of carbonyl (C=O) groups is 1. The third kappa shape index (κ3) is 4.32. The molecule has 35 heavy (non-hydrogen) atoms. The van der Waals surface area contributed by atoms with E-state index in [0.717, 1.165) is 62.7 Å². The van der Waals surface area contributed by atoms with Crippen molar-refractivity contribution in [3.8, 4) is 11.3 Å². The summed E-state index contributed by atoms with van der Waals surface area (Å²) in [5.41, 5.74) is 8.54. The van der Waals surface area contributed by atoms with Crippen LogP contribution in [0.1, 0.15) is 55.8 Å². The quantitative estimate of drug-likeness (QED) is 0.538. The van der Waals surface area contributed by atoms with Crippen LogP contribution in [0.3, 0.4) is 0 Å². The number of rotatable bonds is 5. The molecule has 2 aromatic carbocycles. The van der Waals surface area contributed by atoms with Gasteiger partial charge >= 0.3 is 0 Å². The van der Waals surface area contributed by atoms with E-state index in [4.69, 9.17) is 5.73 Å². The van der Waals surface area contributed by atoms with Crippen molar-refractivity contribution in [1.82, 2.24) is 14.8 Å². The van der Waals surface area contributed by atoms with Crippen LogP contribution >= 0.6 is 0 Å². The molecular formula is C28H32F2N4O. The molecule has 0 radical (unpaired) electrons. The Hall–Kier alpha value is -2.90. The zero-order chi connectivity index (χ0) is 24.6. The van der Waals surface area contributed by atoms with Crippen LogP contribution < -0.4 is 5.73 Å². The van der Waals surface area contributed by atoms with Crippen molar-refractivity contribution in [2.24, 2.45) is 5.73 Å². The molecule has 3 heterocycles. The first-order chi connectivity index (χ1) is 16.9. The molecule has 0 bridgehead atoms. The van der Waals surface area contributed by atoms with Gasteiger partial charge in [-0.1, -0.05) is 31.5 Å². The predicted molar refractivity (Wildman–Crippen MR) is 134 cm³/mol. The lowest BCUT2D eigenvalue weighted by molar-refractivity contribution is 0.00151. The van der Waals surface area contributed by atoms with E-state index in [0.29, 0.717) is 28.9 Å². The van der Waals surface area contributed by atoms with Gasteiger partial charge in [0.25, 0.3) is 5.91 Å². The summed E-state index contributed by atoms with van der Waals surface area (Å²) in [5, 5.41) is 0.742. The highest BCUT2D eigenvalue weighted by Gasteiger charge is 2.46. The van der Waals surface area contributed by atoms with E-state index in [1.54, 1.807) is 6.07 Å². The van der Waals surface area contributed by atoms with E-state index >= 15 is 0 Å². The number of para-hydroxylation sites is 1. The maximum absolute atomic E-state index is 14.1. The Morgan fingerprint density at radius 2 is 1.80 bits per heavy atom. The largest absolute Gasteiger partial charge is 0.332 e. The third-order valence-corrected chi connectivity index (χ3v) is 7.76. The van der Waals surface area contributed by atoms with Crippen molar-refractivity contribution in [1.29, 1.82) is 0 Å². The normalized spacial score (nSPS) is 20.8. The molecule has 1 amide bonds. The summed E-state index contributed by atoms with van der Waals surface area (Å²) >= 11 is 0. The van der Waals surface area contributed by atoms with Crippen molar-refractivity contribution in [3.05, 3.63) is 65.7 Å². The minimum atomic E-state index is -0.942. The van der Waals surface area contributed by atoms with E-state index < -0.39 is 17.3 Å². The van der Waals surface area contributed by atoms with Crippen LogP contribution in [0.4, 0.5) is 8.78 Å². The monoisotopic (exact) mass is 478 g/mol. The molecule has 184 valence electrons. The Balaban J connectivity index is 1.56. The molecular weight excluding hydrogens is 446 g/mol. The van der Waals surface area contributed by atoms with Gasteiger partial charge in [-0.25, -0.2) is 13.8 Å². The summed E-state index contributed by atoms with van der Waals surface area (Å²) in [7, 11) is 0. The molecule has 2 aliphatic rings. The number of piperidine rings is 1. The fourth-order valence-electron chi connectivity index (χ4n) is 5.82. The van der Waals surface area contributed by atoms with Crippen LogP contribution in [0.25, 0.3) is 22.2 Å². The minimum Gasteiger partial charge on any atom is -0.332 e. The summed E-state index contributed by atoms with van der Waals surface area (Å²) in [4.78, 5) is 23.1. The van der Waals surface area contributed by atoms with Gasteiger partial charge in [0.05, 0.1) is 28.5 Å². The summed E-state index contributed by atoms with van der Waals surface area (Å²) in [6, 6.07) is 12.8. The predicted octanol–water partition coefficient (Wildman–Crippen LogP) is 5.34. The lowest BCUT2D eigenvalue weighted by Gasteiger charge is -2.49. The van der Waals surface area contributed by atoms with E-state index in [1.807, 2.05) is 29.2 Å². The molecule has 2 saturated heterocycles. The summed E-state index contributed by atoms with van der Waals surface area (Å²) in [6.07, 6.45) is 6.02. The van der Waals surface area contributed by atoms with Crippen molar-refractivity contribution in [2.75, 3.05) is 19.6 Å². The molecule has 2 fully saturated rings. The van der Waals surface area contributed by atoms with Crippen LogP contribution in [-0.4, -0.2) is 52.0 Å². The van der Waals surface area contributed by atoms with Gasteiger partial charge < -0.3 is 10.6 Å². The number of benzene rings is 2. The zero-order valence-electron chi connectivity index (χ0n) is 20.1. The van der Waals surface area contributed by atoms with E-state index in [-0.39, 0.29) is 11.9 Å². The van der Waals surface area contributed by atoms with Gasteiger partial charge in [-0.3, -0.25) is 9.69 Å². The van der Waals surface area contributed by atoms with Crippen LogP contribution in [0.2, 0.25) is 0 Å². The van der Waals surface area contributed by atoms with Gasteiger partial charge in [0.15, 0.2) is 11.6 Å². The van der Waals surface area contributed by atoms with E-state index in [9.17, 15) is 13.6 Å². The van der Waals surface area contributed by atoms with Gasteiger partial charge in [-0.2, -0.15) is 0 Å². The molecule has 5 rings (SSSR count). The maximum Gasteiger partial charge on any atom is 0.254 e. The first kappa shape index (κ1) is 23.8. The molecule has 7 heteroatoms. The highest BCUT2D eigenvalue weighted by molar-refractivity contribution is 6.07. The molecule has 3 aromatic rings. The number of fused-ring (bicyclic) bond motifs is 1. The van der Waals surface area contributed by atoms with E-state index in [2.05, 4.69) is 16.8 Å². The molecule has 1 unspecified atom stereocenters. The second-order valence-corrected chi connectivity index (χ2v) is 9.75. The molecule has 1 aromatic heterocycles. The second-order valence-electron chi connectivity index (χ2n) is 9.75. The molecule has 0 aliphatic carbocycles. The van der Waals surface area contributed by atoms with Crippen molar-refractivity contribution < 1.29 is 13.6 Å². The molecule has 0 spiro atoms. The number of halogens is 2.